The van der Waals surface area contributed by atoms with E-state index in [1.807, 2.05) is 0 Å². The Morgan fingerprint density at radius 1 is 1.18 bits per heavy atom. The van der Waals surface area contributed by atoms with Crippen LogP contribution in [0.3, 0.4) is 0 Å². The lowest BCUT2D eigenvalue weighted by Crippen LogP contribution is -2.20. The fourth-order valence-corrected chi connectivity index (χ4v) is 1.85. The van der Waals surface area contributed by atoms with E-state index in [0.717, 1.165) is 5.56 Å². The SMILES string of the molecule is O=C1NC(=O)c2c(CCOCCO)cccc21. The van der Waals surface area contributed by atoms with Gasteiger partial charge in [0.1, 0.15) is 0 Å². The first-order valence-electron chi connectivity index (χ1n) is 5.40. The van der Waals surface area contributed by atoms with Crippen molar-refractivity contribution in [1.29, 1.82) is 0 Å². The highest BCUT2D eigenvalue weighted by atomic mass is 16.5. The van der Waals surface area contributed by atoms with E-state index in [0.29, 0.717) is 24.2 Å². The summed E-state index contributed by atoms with van der Waals surface area (Å²) in [6, 6.07) is 5.19. The molecule has 17 heavy (non-hydrogen) atoms. The van der Waals surface area contributed by atoms with E-state index in [-0.39, 0.29) is 25.0 Å². The maximum absolute atomic E-state index is 11.6. The van der Waals surface area contributed by atoms with Crippen molar-refractivity contribution in [2.24, 2.45) is 0 Å². The lowest BCUT2D eigenvalue weighted by atomic mass is 10.0. The molecule has 1 aromatic carbocycles. The normalized spacial score (nSPS) is 13.7. The molecule has 0 spiro atoms. The first-order chi connectivity index (χ1) is 8.24. The summed E-state index contributed by atoms with van der Waals surface area (Å²) in [6.45, 7) is 0.671. The standard InChI is InChI=1S/C12H13NO4/c14-5-7-17-6-4-8-2-1-3-9-10(8)12(16)13-11(9)15/h1-3,14H,4-7H2,(H,13,15,16). The van der Waals surface area contributed by atoms with Crippen molar-refractivity contribution in [2.45, 2.75) is 6.42 Å². The van der Waals surface area contributed by atoms with Gasteiger partial charge in [0, 0.05) is 0 Å². The monoisotopic (exact) mass is 235 g/mol. The average molecular weight is 235 g/mol. The molecule has 2 rings (SSSR count). The van der Waals surface area contributed by atoms with Crippen LogP contribution in [0.5, 0.6) is 0 Å². The van der Waals surface area contributed by atoms with Crippen LogP contribution in [0.25, 0.3) is 0 Å². The smallest absolute Gasteiger partial charge is 0.259 e. The molecule has 0 fully saturated rings. The van der Waals surface area contributed by atoms with E-state index in [1.165, 1.54) is 0 Å². The molecule has 5 nitrogen and oxygen atoms in total. The largest absolute Gasteiger partial charge is 0.394 e. The van der Waals surface area contributed by atoms with Crippen molar-refractivity contribution in [2.75, 3.05) is 19.8 Å². The Bertz CT molecular complexity index is 456. The Balaban J connectivity index is 2.14. The van der Waals surface area contributed by atoms with Gasteiger partial charge in [0.05, 0.1) is 30.9 Å². The Morgan fingerprint density at radius 2 is 2.00 bits per heavy atom. The number of carbonyl (C=O) groups excluding carboxylic acids is 2. The third-order valence-electron chi connectivity index (χ3n) is 2.60. The van der Waals surface area contributed by atoms with E-state index < -0.39 is 0 Å². The maximum atomic E-state index is 11.6. The lowest BCUT2D eigenvalue weighted by molar-refractivity contribution is 0.0877. The molecular weight excluding hydrogens is 222 g/mol. The third-order valence-corrected chi connectivity index (χ3v) is 2.60. The van der Waals surface area contributed by atoms with Crippen LogP contribution < -0.4 is 5.32 Å². The Hall–Kier alpha value is -1.72. The van der Waals surface area contributed by atoms with Crippen LogP contribution in [0.4, 0.5) is 0 Å². The van der Waals surface area contributed by atoms with Crippen LogP contribution in [0.1, 0.15) is 26.3 Å². The van der Waals surface area contributed by atoms with E-state index >= 15 is 0 Å². The van der Waals surface area contributed by atoms with Crippen molar-refractivity contribution in [3.63, 3.8) is 0 Å². The zero-order chi connectivity index (χ0) is 12.3. The lowest BCUT2D eigenvalue weighted by Gasteiger charge is -2.06. The van der Waals surface area contributed by atoms with Crippen LogP contribution in [0.2, 0.25) is 0 Å². The number of imide groups is 1. The quantitative estimate of drug-likeness (QED) is 0.561. The minimum Gasteiger partial charge on any atom is -0.394 e. The summed E-state index contributed by atoms with van der Waals surface area (Å²) in [7, 11) is 0. The maximum Gasteiger partial charge on any atom is 0.259 e. The highest BCUT2D eigenvalue weighted by Gasteiger charge is 2.28. The Labute approximate surface area is 98.4 Å². The van der Waals surface area contributed by atoms with Crippen molar-refractivity contribution < 1.29 is 19.4 Å². The van der Waals surface area contributed by atoms with Crippen LogP contribution in [-0.4, -0.2) is 36.7 Å². The summed E-state index contributed by atoms with van der Waals surface area (Å²) in [6.07, 6.45) is 0.546. The molecule has 0 saturated heterocycles. The van der Waals surface area contributed by atoms with E-state index in [2.05, 4.69) is 5.32 Å². The van der Waals surface area contributed by atoms with Crippen molar-refractivity contribution in [3.8, 4) is 0 Å². The van der Waals surface area contributed by atoms with Crippen LogP contribution in [0, 0.1) is 0 Å². The average Bonchev–Trinajstić information content (AvgIpc) is 2.62. The number of amides is 2. The van der Waals surface area contributed by atoms with Crippen molar-refractivity contribution >= 4 is 11.8 Å². The number of hydrogen-bond donors (Lipinski definition) is 2. The van der Waals surface area contributed by atoms with Crippen LogP contribution in [-0.2, 0) is 11.2 Å². The highest BCUT2D eigenvalue weighted by Crippen LogP contribution is 2.20. The summed E-state index contributed by atoms with van der Waals surface area (Å²) in [5, 5.41) is 10.8. The number of nitrogens with one attached hydrogen (secondary N) is 1. The van der Waals surface area contributed by atoms with Gasteiger partial charge in [-0.2, -0.15) is 0 Å². The molecule has 0 aliphatic carbocycles. The van der Waals surface area contributed by atoms with Gasteiger partial charge in [-0.25, -0.2) is 0 Å². The number of carbonyl (C=O) groups is 2. The first-order valence-corrected chi connectivity index (χ1v) is 5.40. The minimum atomic E-state index is -0.345. The molecule has 0 aromatic heterocycles. The molecule has 0 unspecified atom stereocenters. The van der Waals surface area contributed by atoms with Crippen molar-refractivity contribution in [1.82, 2.24) is 5.32 Å². The Kier molecular flexibility index (Phi) is 3.51. The molecule has 0 atom stereocenters. The fraction of sp³-hybridized carbons (Fsp3) is 0.333. The second-order valence-corrected chi connectivity index (χ2v) is 3.71. The van der Waals surface area contributed by atoms with Gasteiger partial charge in [-0.15, -0.1) is 0 Å². The molecule has 1 heterocycles. The number of ether oxygens (including phenoxy) is 1. The van der Waals surface area contributed by atoms with Crippen molar-refractivity contribution in [3.05, 3.63) is 34.9 Å². The van der Waals surface area contributed by atoms with Gasteiger partial charge in [-0.1, -0.05) is 12.1 Å². The van der Waals surface area contributed by atoms with Crippen LogP contribution >= 0.6 is 0 Å². The molecule has 2 amide bonds. The molecule has 90 valence electrons. The summed E-state index contributed by atoms with van der Waals surface area (Å²) >= 11 is 0. The predicted molar refractivity (Wildman–Crippen MR) is 59.8 cm³/mol. The third kappa shape index (κ3) is 2.35. The van der Waals surface area contributed by atoms with Gasteiger partial charge in [0.15, 0.2) is 0 Å². The summed E-state index contributed by atoms with van der Waals surface area (Å²) < 4.78 is 5.14. The molecule has 1 aromatic rings. The van der Waals surface area contributed by atoms with Gasteiger partial charge >= 0.3 is 0 Å². The predicted octanol–water partition coefficient (Wildman–Crippen LogP) is 0.122. The van der Waals surface area contributed by atoms with Gasteiger partial charge in [-0.05, 0) is 18.1 Å². The summed E-state index contributed by atoms with van der Waals surface area (Å²) in [5.74, 6) is -0.689. The number of hydrogen-bond acceptors (Lipinski definition) is 4. The Morgan fingerprint density at radius 3 is 2.76 bits per heavy atom. The van der Waals surface area contributed by atoms with E-state index in [1.54, 1.807) is 18.2 Å². The zero-order valence-electron chi connectivity index (χ0n) is 9.23. The molecular formula is C12H13NO4. The number of benzene rings is 1. The van der Waals surface area contributed by atoms with Gasteiger partial charge in [-0.3, -0.25) is 14.9 Å². The highest BCUT2D eigenvalue weighted by molar-refractivity contribution is 6.22. The molecule has 0 radical (unpaired) electrons. The molecule has 2 N–H and O–H groups in total. The second kappa shape index (κ2) is 5.07. The molecule has 0 bridgehead atoms. The van der Waals surface area contributed by atoms with Gasteiger partial charge < -0.3 is 9.84 Å². The topological polar surface area (TPSA) is 75.6 Å². The first kappa shape index (κ1) is 11.8. The fourth-order valence-electron chi connectivity index (χ4n) is 1.85. The number of aliphatic hydroxyl groups is 1. The van der Waals surface area contributed by atoms with E-state index in [9.17, 15) is 9.59 Å². The summed E-state index contributed by atoms with van der Waals surface area (Å²) in [5.41, 5.74) is 1.67. The number of aliphatic hydroxyl groups excluding tert-OH is 1. The van der Waals surface area contributed by atoms with Gasteiger partial charge in [0.2, 0.25) is 0 Å². The molecule has 1 aliphatic heterocycles. The summed E-state index contributed by atoms with van der Waals surface area (Å²) in [4.78, 5) is 23.0. The van der Waals surface area contributed by atoms with E-state index in [4.69, 9.17) is 9.84 Å². The molecule has 5 heteroatoms. The molecule has 0 saturated carbocycles. The van der Waals surface area contributed by atoms with Crippen LogP contribution in [0.15, 0.2) is 18.2 Å². The molecule has 1 aliphatic rings. The zero-order valence-corrected chi connectivity index (χ0v) is 9.23. The minimum absolute atomic E-state index is 0.0220. The number of fused-ring (bicyclic) bond motifs is 1. The van der Waals surface area contributed by atoms with Gasteiger partial charge in [0.25, 0.3) is 11.8 Å². The number of rotatable bonds is 5. The second-order valence-electron chi connectivity index (χ2n) is 3.71.